The molecule has 1 unspecified atom stereocenters. The van der Waals surface area contributed by atoms with Gasteiger partial charge >= 0.3 is 5.97 Å². The Morgan fingerprint density at radius 2 is 1.51 bits per heavy atom. The lowest BCUT2D eigenvalue weighted by molar-refractivity contribution is -0.337. The molecule has 0 amide bonds. The highest BCUT2D eigenvalue weighted by Gasteiger charge is 2.64. The monoisotopic (exact) mass is 782 g/mol. The quantitative estimate of drug-likeness (QED) is 0.116. The van der Waals surface area contributed by atoms with Gasteiger partial charge in [0.05, 0.1) is 25.4 Å². The zero-order chi connectivity index (χ0) is 39.9. The van der Waals surface area contributed by atoms with Crippen LogP contribution in [-0.2, 0) is 28.5 Å². The summed E-state index contributed by atoms with van der Waals surface area (Å²) in [5, 5.41) is 96.4. The summed E-state index contributed by atoms with van der Waals surface area (Å²) in [6.45, 7) is 8.86. The van der Waals surface area contributed by atoms with E-state index in [4.69, 9.17) is 23.7 Å². The van der Waals surface area contributed by atoms with E-state index in [2.05, 4.69) is 19.9 Å². The van der Waals surface area contributed by atoms with Crippen LogP contribution in [0, 0.1) is 34.5 Å². The molecule has 312 valence electrons. The third kappa shape index (κ3) is 6.86. The zero-order valence-corrected chi connectivity index (χ0v) is 32.4. The molecule has 7 rings (SSSR count). The molecule has 0 aromatic rings. The van der Waals surface area contributed by atoms with E-state index in [0.717, 1.165) is 43.3 Å². The van der Waals surface area contributed by atoms with E-state index in [0.29, 0.717) is 30.3 Å². The molecule has 0 spiro atoms. The number of hydrogen-bond donors (Lipinski definition) is 9. The van der Waals surface area contributed by atoms with Gasteiger partial charge in [-0.3, -0.25) is 0 Å². The molecule has 0 aromatic heterocycles. The number of carbonyl (C=O) groups is 1. The number of aliphatic hydroxyl groups is 9. The van der Waals surface area contributed by atoms with Gasteiger partial charge in [-0.15, -0.1) is 0 Å². The molecule has 0 bridgehead atoms. The van der Waals surface area contributed by atoms with Crippen molar-refractivity contribution < 1.29 is 74.4 Å². The van der Waals surface area contributed by atoms with Crippen LogP contribution in [0.15, 0.2) is 22.8 Å². The third-order valence-corrected chi connectivity index (χ3v) is 15.5. The molecule has 0 aromatic carbocycles. The first-order chi connectivity index (χ1) is 25.8. The van der Waals surface area contributed by atoms with Crippen molar-refractivity contribution in [2.24, 2.45) is 34.5 Å². The summed E-state index contributed by atoms with van der Waals surface area (Å²) in [6, 6.07) is 0. The topological polar surface area (TPSA) is 245 Å². The summed E-state index contributed by atoms with van der Waals surface area (Å²) in [7, 11) is 0. The number of aliphatic hydroxyl groups excluding tert-OH is 8. The van der Waals surface area contributed by atoms with E-state index in [-0.39, 0.29) is 29.6 Å². The van der Waals surface area contributed by atoms with Crippen LogP contribution in [0.25, 0.3) is 0 Å². The number of rotatable bonds is 8. The first-order valence-electron chi connectivity index (χ1n) is 20.1. The highest BCUT2D eigenvalue weighted by atomic mass is 16.7. The fourth-order valence-corrected chi connectivity index (χ4v) is 11.9. The average Bonchev–Trinajstić information content (AvgIpc) is 3.51. The van der Waals surface area contributed by atoms with Crippen LogP contribution >= 0.6 is 0 Å². The van der Waals surface area contributed by atoms with Crippen LogP contribution in [0.5, 0.6) is 0 Å². The number of esters is 1. The second kappa shape index (κ2) is 15.2. The van der Waals surface area contributed by atoms with E-state index in [1.807, 2.05) is 13.8 Å². The van der Waals surface area contributed by atoms with Crippen molar-refractivity contribution in [3.63, 3.8) is 0 Å². The minimum absolute atomic E-state index is 0.0515. The molecule has 5 fully saturated rings. The van der Waals surface area contributed by atoms with Gasteiger partial charge in [-0.25, -0.2) is 4.79 Å². The van der Waals surface area contributed by atoms with E-state index in [9.17, 15) is 50.8 Å². The van der Waals surface area contributed by atoms with Crippen molar-refractivity contribution in [2.45, 2.75) is 171 Å². The van der Waals surface area contributed by atoms with Gasteiger partial charge in [0, 0.05) is 23.8 Å². The summed E-state index contributed by atoms with van der Waals surface area (Å²) in [5.41, 5.74) is 0.757. The van der Waals surface area contributed by atoms with Gasteiger partial charge < -0.3 is 69.6 Å². The second-order valence-electron chi connectivity index (χ2n) is 18.3. The summed E-state index contributed by atoms with van der Waals surface area (Å²) in [5.74, 6) is 0.398. The molecule has 55 heavy (non-hydrogen) atoms. The molecule has 3 aliphatic heterocycles. The number of ether oxygens (including phenoxy) is 5. The summed E-state index contributed by atoms with van der Waals surface area (Å²) >= 11 is 0. The minimum Gasteiger partial charge on any atom is -0.456 e. The largest absolute Gasteiger partial charge is 0.456 e. The summed E-state index contributed by atoms with van der Waals surface area (Å²) < 4.78 is 28.9. The number of allylic oxidation sites excluding steroid dienone is 1. The Hall–Kier alpha value is -1.57. The Bertz CT molecular complexity index is 1500. The number of cyclic esters (lactones) is 1. The molecule has 3 saturated carbocycles. The van der Waals surface area contributed by atoms with E-state index < -0.39 is 104 Å². The van der Waals surface area contributed by atoms with Crippen molar-refractivity contribution in [3.8, 4) is 0 Å². The molecule has 15 nitrogen and oxygen atoms in total. The average molecular weight is 783 g/mol. The van der Waals surface area contributed by atoms with Gasteiger partial charge in [-0.05, 0) is 88.4 Å². The first-order valence-corrected chi connectivity index (χ1v) is 20.1. The Balaban J connectivity index is 1.01. The molecule has 15 heteroatoms. The van der Waals surface area contributed by atoms with Crippen molar-refractivity contribution in [3.05, 3.63) is 22.8 Å². The molecule has 3 heterocycles. The second-order valence-corrected chi connectivity index (χ2v) is 18.3. The molecule has 9 N–H and O–H groups in total. The maximum atomic E-state index is 12.6. The van der Waals surface area contributed by atoms with Gasteiger partial charge in [0.2, 0.25) is 0 Å². The fourth-order valence-electron chi connectivity index (χ4n) is 11.9. The number of hydrogen-bond acceptors (Lipinski definition) is 15. The SMILES string of the molecule is CC1=C(C)C(=O)O[C@@H]([C@](C)(O)[C@H]2CC[C@H]3[C@@H]4CC=C5C[C@@H](O[C@@H]6O[C@H](COC7O[C@H](CO)[C@@H](O)[C@H](O)[C@H]7O)[C@@H](O)[C@H](O)[C@H]6O)C[C@H](O)[C@]5(C)[C@H]4CC[C@]23C)C1. The minimum atomic E-state index is -1.68. The molecule has 0 radical (unpaired) electrons. The van der Waals surface area contributed by atoms with Crippen LogP contribution in [0.4, 0.5) is 0 Å². The van der Waals surface area contributed by atoms with Crippen LogP contribution in [0.1, 0.15) is 86.0 Å². The van der Waals surface area contributed by atoms with Crippen molar-refractivity contribution in [2.75, 3.05) is 13.2 Å². The van der Waals surface area contributed by atoms with Crippen LogP contribution < -0.4 is 0 Å². The van der Waals surface area contributed by atoms with E-state index in [1.165, 1.54) is 0 Å². The third-order valence-electron chi connectivity index (χ3n) is 15.5. The maximum Gasteiger partial charge on any atom is 0.334 e. The Labute approximate surface area is 321 Å². The van der Waals surface area contributed by atoms with Crippen molar-refractivity contribution in [1.29, 1.82) is 0 Å². The molecule has 7 aliphatic rings. The number of fused-ring (bicyclic) bond motifs is 5. The smallest absolute Gasteiger partial charge is 0.334 e. The van der Waals surface area contributed by atoms with Crippen molar-refractivity contribution >= 4 is 5.97 Å². The van der Waals surface area contributed by atoms with Crippen LogP contribution in [0.2, 0.25) is 0 Å². The van der Waals surface area contributed by atoms with Gasteiger partial charge in [-0.1, -0.05) is 31.1 Å². The lowest BCUT2D eigenvalue weighted by Crippen LogP contribution is -2.62. The summed E-state index contributed by atoms with van der Waals surface area (Å²) in [6.07, 6.45) is -9.39. The highest BCUT2D eigenvalue weighted by Crippen LogP contribution is 2.68. The first kappa shape index (κ1) is 41.6. The summed E-state index contributed by atoms with van der Waals surface area (Å²) in [4.78, 5) is 12.6. The van der Waals surface area contributed by atoms with E-state index in [1.54, 1.807) is 6.92 Å². The van der Waals surface area contributed by atoms with Gasteiger partial charge in [-0.2, -0.15) is 0 Å². The Morgan fingerprint density at radius 3 is 2.18 bits per heavy atom. The Kier molecular flexibility index (Phi) is 11.5. The normalized spacial score (nSPS) is 51.3. The molecule has 20 atom stereocenters. The molecule has 4 aliphatic carbocycles. The molecule has 2 saturated heterocycles. The van der Waals surface area contributed by atoms with Crippen LogP contribution in [0.3, 0.4) is 0 Å². The lowest BCUT2D eigenvalue weighted by atomic mass is 9.46. The molecular weight excluding hydrogens is 720 g/mol. The van der Waals surface area contributed by atoms with Gasteiger partial charge in [0.15, 0.2) is 12.6 Å². The van der Waals surface area contributed by atoms with E-state index >= 15 is 0 Å². The standard InChI is InChI=1S/C40H62O15/c1-17-12-28(55-35(49)18(17)2)40(5,50)26-9-8-22-21-7-6-19-13-20(14-27(42)39(19,4)23(21)10-11-38(22,26)3)52-37-34(48)32(46)30(44)25(54-37)16-51-36-33(47)31(45)29(43)24(15-41)53-36/h6,20-34,36-37,41-48,50H,7-16H2,1-5H3/t20-,21+,22+,23+,24-,25-,26+,27+,28-,29-,30-,31+,32+,33-,34-,36?,37-,38+,39+,40-/m1/s1. The Morgan fingerprint density at radius 1 is 0.855 bits per heavy atom. The zero-order valence-electron chi connectivity index (χ0n) is 32.4. The maximum absolute atomic E-state index is 12.6. The van der Waals surface area contributed by atoms with Gasteiger partial charge in [0.1, 0.15) is 60.5 Å². The predicted molar refractivity (Wildman–Crippen MR) is 191 cm³/mol. The van der Waals surface area contributed by atoms with Crippen molar-refractivity contribution in [1.82, 2.24) is 0 Å². The fraction of sp³-hybridized carbons (Fsp3) is 0.875. The molecular formula is C40H62O15. The van der Waals surface area contributed by atoms with Gasteiger partial charge in [0.25, 0.3) is 0 Å². The lowest BCUT2D eigenvalue weighted by Gasteiger charge is -2.60. The highest BCUT2D eigenvalue weighted by molar-refractivity contribution is 5.89. The van der Waals surface area contributed by atoms with Crippen LogP contribution in [-0.4, -0.2) is 150 Å². The predicted octanol–water partition coefficient (Wildman–Crippen LogP) is -0.0516. The number of carbonyl (C=O) groups excluding carboxylic acids is 1.